The molecule has 1 aromatic heterocycles. The molecule has 0 bridgehead atoms. The summed E-state index contributed by atoms with van der Waals surface area (Å²) in [6, 6.07) is 19.5. The number of rotatable bonds is 5. The van der Waals surface area contributed by atoms with Crippen molar-refractivity contribution >= 4 is 6.03 Å². The zero-order valence-electron chi connectivity index (χ0n) is 16.4. The average Bonchev–Trinajstić information content (AvgIpc) is 2.80. The molecule has 0 radical (unpaired) electrons. The van der Waals surface area contributed by atoms with Crippen LogP contribution < -0.4 is 10.1 Å². The van der Waals surface area contributed by atoms with Crippen molar-refractivity contribution in [3.63, 3.8) is 0 Å². The first kappa shape index (κ1) is 19.8. The maximum atomic E-state index is 13.1. The predicted octanol–water partition coefficient (Wildman–Crippen LogP) is 3.96. The van der Waals surface area contributed by atoms with Crippen LogP contribution in [0.15, 0.2) is 73.1 Å². The highest BCUT2D eigenvalue weighted by atomic mass is 19.1. The molecule has 0 aliphatic carbocycles. The number of ether oxygens (including phenoxy) is 1. The monoisotopic (exact) mass is 406 g/mol. The second-order valence-corrected chi connectivity index (χ2v) is 7.22. The van der Waals surface area contributed by atoms with Crippen LogP contribution in [0.1, 0.15) is 30.0 Å². The lowest BCUT2D eigenvalue weighted by Gasteiger charge is -2.33. The number of hydrogen-bond acceptors (Lipinski definition) is 4. The minimum Gasteiger partial charge on any atom is -0.458 e. The molecule has 1 aliphatic heterocycles. The molecule has 154 valence electrons. The van der Waals surface area contributed by atoms with Crippen LogP contribution >= 0.6 is 0 Å². The zero-order chi connectivity index (χ0) is 20.8. The van der Waals surface area contributed by atoms with Crippen molar-refractivity contribution in [2.45, 2.75) is 25.0 Å². The first-order valence-corrected chi connectivity index (χ1v) is 9.98. The van der Waals surface area contributed by atoms with Gasteiger partial charge in [-0.05, 0) is 24.0 Å². The fourth-order valence-corrected chi connectivity index (χ4v) is 3.59. The summed E-state index contributed by atoms with van der Waals surface area (Å²) in [6.45, 7) is 1.06. The number of likely N-dealkylation sites (tertiary alicyclic amines) is 1. The summed E-state index contributed by atoms with van der Waals surface area (Å²) in [5.41, 5.74) is 2.03. The van der Waals surface area contributed by atoms with E-state index in [0.717, 1.165) is 36.4 Å². The van der Waals surface area contributed by atoms with E-state index < -0.39 is 5.82 Å². The normalized spacial score (nSPS) is 16.3. The first-order valence-electron chi connectivity index (χ1n) is 9.98. The second kappa shape index (κ2) is 9.35. The average molecular weight is 406 g/mol. The van der Waals surface area contributed by atoms with Crippen LogP contribution in [0, 0.1) is 5.82 Å². The lowest BCUT2D eigenvalue weighted by Crippen LogP contribution is -2.49. The van der Waals surface area contributed by atoms with Crippen LogP contribution in [-0.2, 0) is 0 Å². The van der Waals surface area contributed by atoms with E-state index in [1.807, 2.05) is 60.7 Å². The van der Waals surface area contributed by atoms with E-state index in [-0.39, 0.29) is 24.2 Å². The number of halogens is 1. The summed E-state index contributed by atoms with van der Waals surface area (Å²) >= 11 is 0. The second-order valence-electron chi connectivity index (χ2n) is 7.22. The van der Waals surface area contributed by atoms with E-state index >= 15 is 0 Å². The van der Waals surface area contributed by atoms with Gasteiger partial charge in [0.1, 0.15) is 6.10 Å². The summed E-state index contributed by atoms with van der Waals surface area (Å²) in [6.07, 6.45) is 3.49. The number of carbonyl (C=O) groups is 1. The van der Waals surface area contributed by atoms with Crippen molar-refractivity contribution in [3.05, 3.63) is 90.0 Å². The molecule has 3 aromatic rings. The van der Waals surface area contributed by atoms with Crippen LogP contribution in [0.25, 0.3) is 0 Å². The van der Waals surface area contributed by atoms with E-state index in [9.17, 15) is 9.18 Å². The maximum absolute atomic E-state index is 13.1. The summed E-state index contributed by atoms with van der Waals surface area (Å²) in [5.74, 6) is -0.514. The van der Waals surface area contributed by atoms with Gasteiger partial charge in [0, 0.05) is 6.54 Å². The third kappa shape index (κ3) is 4.92. The van der Waals surface area contributed by atoms with E-state index in [2.05, 4.69) is 15.3 Å². The van der Waals surface area contributed by atoms with Gasteiger partial charge < -0.3 is 15.0 Å². The van der Waals surface area contributed by atoms with E-state index in [1.165, 1.54) is 0 Å². The van der Waals surface area contributed by atoms with Crippen LogP contribution in [-0.4, -0.2) is 40.1 Å². The van der Waals surface area contributed by atoms with Gasteiger partial charge in [-0.3, -0.25) is 0 Å². The zero-order valence-corrected chi connectivity index (χ0v) is 16.4. The quantitative estimate of drug-likeness (QED) is 0.697. The van der Waals surface area contributed by atoms with Crippen molar-refractivity contribution in [1.29, 1.82) is 0 Å². The topological polar surface area (TPSA) is 67.4 Å². The van der Waals surface area contributed by atoms with E-state index in [4.69, 9.17) is 4.74 Å². The molecule has 7 heteroatoms. The maximum Gasteiger partial charge on any atom is 0.318 e. The molecule has 2 heterocycles. The Morgan fingerprint density at radius 1 is 1.03 bits per heavy atom. The molecular formula is C23H23FN4O2. The Morgan fingerprint density at radius 2 is 1.63 bits per heavy atom. The number of carbonyl (C=O) groups excluding carboxylic acids is 1. The Morgan fingerprint density at radius 3 is 2.23 bits per heavy atom. The fourth-order valence-electron chi connectivity index (χ4n) is 3.59. The van der Waals surface area contributed by atoms with Crippen LogP contribution in [0.2, 0.25) is 0 Å². The van der Waals surface area contributed by atoms with Crippen LogP contribution in [0.3, 0.4) is 0 Å². The smallest absolute Gasteiger partial charge is 0.318 e. The highest BCUT2D eigenvalue weighted by Crippen LogP contribution is 2.23. The Balaban J connectivity index is 1.45. The minimum atomic E-state index is -0.514. The molecule has 1 aliphatic rings. The molecule has 4 rings (SSSR count). The first-order chi connectivity index (χ1) is 14.7. The Kier molecular flexibility index (Phi) is 6.17. The van der Waals surface area contributed by atoms with E-state index in [1.54, 1.807) is 4.90 Å². The molecule has 1 unspecified atom stereocenters. The van der Waals surface area contributed by atoms with Gasteiger partial charge in [-0.2, -0.15) is 0 Å². The predicted molar refractivity (Wildman–Crippen MR) is 110 cm³/mol. The van der Waals surface area contributed by atoms with Gasteiger partial charge in [-0.25, -0.2) is 19.2 Å². The number of nitrogens with one attached hydrogen (secondary N) is 1. The lowest BCUT2D eigenvalue weighted by atomic mass is 9.99. The van der Waals surface area contributed by atoms with Crippen LogP contribution in [0.4, 0.5) is 9.18 Å². The lowest BCUT2D eigenvalue weighted by molar-refractivity contribution is 0.0930. The number of benzene rings is 2. The largest absolute Gasteiger partial charge is 0.458 e. The molecule has 1 fully saturated rings. The summed E-state index contributed by atoms with van der Waals surface area (Å²) in [7, 11) is 0. The van der Waals surface area contributed by atoms with Crippen molar-refractivity contribution < 1.29 is 13.9 Å². The van der Waals surface area contributed by atoms with Crippen molar-refractivity contribution in [2.75, 3.05) is 13.1 Å². The molecule has 6 nitrogen and oxygen atoms in total. The molecule has 30 heavy (non-hydrogen) atoms. The Hall–Kier alpha value is -3.48. The summed E-state index contributed by atoms with van der Waals surface area (Å²) < 4.78 is 18.7. The number of piperidine rings is 1. The van der Waals surface area contributed by atoms with Gasteiger partial charge in [0.15, 0.2) is 5.82 Å². The highest BCUT2D eigenvalue weighted by molar-refractivity contribution is 5.75. The molecule has 0 spiro atoms. The number of hydrogen-bond donors (Lipinski definition) is 1. The molecule has 2 aromatic carbocycles. The van der Waals surface area contributed by atoms with Crippen molar-refractivity contribution in [2.24, 2.45) is 0 Å². The number of amides is 2. The van der Waals surface area contributed by atoms with Gasteiger partial charge >= 0.3 is 12.0 Å². The summed E-state index contributed by atoms with van der Waals surface area (Å²) in [4.78, 5) is 22.5. The third-order valence-electron chi connectivity index (χ3n) is 5.07. The Labute approximate surface area is 174 Å². The number of nitrogens with zero attached hydrogens (tertiary/aromatic N) is 3. The van der Waals surface area contributed by atoms with Gasteiger partial charge in [-0.1, -0.05) is 60.7 Å². The van der Waals surface area contributed by atoms with Gasteiger partial charge in [-0.15, -0.1) is 0 Å². The fraction of sp³-hybridized carbons (Fsp3) is 0.261. The van der Waals surface area contributed by atoms with Crippen molar-refractivity contribution in [3.8, 4) is 6.01 Å². The molecule has 1 saturated heterocycles. The Bertz CT molecular complexity index is 914. The van der Waals surface area contributed by atoms with Gasteiger partial charge in [0.2, 0.25) is 0 Å². The number of aromatic nitrogens is 2. The van der Waals surface area contributed by atoms with Gasteiger partial charge in [0.25, 0.3) is 0 Å². The highest BCUT2D eigenvalue weighted by Gasteiger charge is 2.27. The van der Waals surface area contributed by atoms with Crippen LogP contribution in [0.5, 0.6) is 6.01 Å². The standard InChI is InChI=1S/C23H23FN4O2/c24-19-14-25-22(26-15-19)30-20-12-7-13-28(16-20)23(29)27-21(17-8-3-1-4-9-17)18-10-5-2-6-11-18/h1-6,8-11,14-15,20-21H,7,12-13,16H2,(H,27,29). The molecular weight excluding hydrogens is 383 g/mol. The molecule has 1 N–H and O–H groups in total. The number of urea groups is 1. The third-order valence-corrected chi connectivity index (χ3v) is 5.07. The van der Waals surface area contributed by atoms with Crippen molar-refractivity contribution in [1.82, 2.24) is 20.2 Å². The van der Waals surface area contributed by atoms with E-state index in [0.29, 0.717) is 13.1 Å². The van der Waals surface area contributed by atoms with Gasteiger partial charge in [0.05, 0.1) is 25.0 Å². The summed E-state index contributed by atoms with van der Waals surface area (Å²) in [5, 5.41) is 3.16. The SMILES string of the molecule is O=C(NC(c1ccccc1)c1ccccc1)N1CCCC(Oc2ncc(F)cn2)C1. The molecule has 0 saturated carbocycles. The molecule has 2 amide bonds. The minimum absolute atomic E-state index is 0.120. The molecule has 1 atom stereocenters.